The number of aliphatic carboxylic acids is 1. The monoisotopic (exact) mass is 341 g/mol. The van der Waals surface area contributed by atoms with Gasteiger partial charge in [0.2, 0.25) is 11.8 Å². The van der Waals surface area contributed by atoms with Gasteiger partial charge in [-0.1, -0.05) is 0 Å². The van der Waals surface area contributed by atoms with Gasteiger partial charge < -0.3 is 15.3 Å². The first-order valence-corrected chi connectivity index (χ1v) is 8.38. The minimum atomic E-state index is -1.01. The fourth-order valence-electron chi connectivity index (χ4n) is 2.86. The SMILES string of the molecule is CC1(C)S[C@@H]2[C@H](NC(=O)Cc3ccns3)C(=O)N2[C@H]1C(=O)O. The number of rotatable bonds is 4. The van der Waals surface area contributed by atoms with E-state index in [1.807, 2.05) is 0 Å². The normalized spacial score (nSPS) is 28.9. The first kappa shape index (κ1) is 15.3. The molecule has 0 bridgehead atoms. The van der Waals surface area contributed by atoms with Gasteiger partial charge in [0.05, 0.1) is 6.42 Å². The van der Waals surface area contributed by atoms with Gasteiger partial charge >= 0.3 is 5.97 Å². The lowest BCUT2D eigenvalue weighted by atomic mass is 9.96. The molecule has 1 aromatic heterocycles. The lowest BCUT2D eigenvalue weighted by Crippen LogP contribution is -2.70. The van der Waals surface area contributed by atoms with Crippen LogP contribution < -0.4 is 5.32 Å². The standard InChI is InChI=1S/C13H15N3O4S2/c1-13(2)9(12(19)20)16-10(18)8(11(16)21-13)15-7(17)5-6-3-4-14-22-6/h3-4,8-9,11H,5H2,1-2H3,(H,15,17)(H,19,20)/t8-,9+,11-/m1/s1. The van der Waals surface area contributed by atoms with Gasteiger partial charge in [-0.25, -0.2) is 9.17 Å². The van der Waals surface area contributed by atoms with Crippen molar-refractivity contribution in [3.05, 3.63) is 17.1 Å². The molecule has 3 atom stereocenters. The van der Waals surface area contributed by atoms with E-state index in [4.69, 9.17) is 0 Å². The highest BCUT2D eigenvalue weighted by Crippen LogP contribution is 2.50. The van der Waals surface area contributed by atoms with Gasteiger partial charge in [-0.15, -0.1) is 11.8 Å². The first-order chi connectivity index (χ1) is 10.3. The molecule has 0 unspecified atom stereocenters. The van der Waals surface area contributed by atoms with E-state index in [0.717, 1.165) is 4.88 Å². The number of thioether (sulfide) groups is 1. The molecule has 2 amide bonds. The number of amides is 2. The van der Waals surface area contributed by atoms with E-state index >= 15 is 0 Å². The van der Waals surface area contributed by atoms with Crippen LogP contribution in [-0.2, 0) is 20.8 Å². The fourth-order valence-corrected chi connectivity index (χ4v) is 5.06. The summed E-state index contributed by atoms with van der Waals surface area (Å²) >= 11 is 2.65. The third-order valence-corrected chi connectivity index (χ3v) is 6.13. The second kappa shape index (κ2) is 5.24. The predicted octanol–water partition coefficient (Wildman–Crippen LogP) is 0.317. The Morgan fingerprint density at radius 3 is 2.82 bits per heavy atom. The highest BCUT2D eigenvalue weighted by molar-refractivity contribution is 8.01. The van der Waals surface area contributed by atoms with E-state index in [9.17, 15) is 19.5 Å². The molecule has 7 nitrogen and oxygen atoms in total. The Kier molecular flexibility index (Phi) is 3.64. The molecule has 1 aromatic rings. The number of fused-ring (bicyclic) bond motifs is 1. The van der Waals surface area contributed by atoms with Crippen LogP contribution in [0.4, 0.5) is 0 Å². The predicted molar refractivity (Wildman–Crippen MR) is 81.5 cm³/mol. The summed E-state index contributed by atoms with van der Waals surface area (Å²) < 4.78 is 3.34. The molecule has 118 valence electrons. The van der Waals surface area contributed by atoms with Gasteiger partial charge in [-0.2, -0.15) is 0 Å². The van der Waals surface area contributed by atoms with E-state index < -0.39 is 22.8 Å². The number of carbonyl (C=O) groups is 3. The van der Waals surface area contributed by atoms with Crippen LogP contribution in [0.5, 0.6) is 0 Å². The summed E-state index contributed by atoms with van der Waals surface area (Å²) in [4.78, 5) is 37.8. The summed E-state index contributed by atoms with van der Waals surface area (Å²) in [5, 5.41) is 11.7. The molecular weight excluding hydrogens is 326 g/mol. The van der Waals surface area contributed by atoms with Crippen molar-refractivity contribution >= 4 is 41.1 Å². The molecule has 0 radical (unpaired) electrons. The molecule has 22 heavy (non-hydrogen) atoms. The van der Waals surface area contributed by atoms with E-state index in [2.05, 4.69) is 9.69 Å². The molecule has 3 heterocycles. The molecule has 9 heteroatoms. The number of hydrogen-bond acceptors (Lipinski definition) is 6. The number of β-lactam (4-membered cyclic amide) rings is 1. The minimum Gasteiger partial charge on any atom is -0.480 e. The quantitative estimate of drug-likeness (QED) is 0.765. The number of nitrogens with zero attached hydrogens (tertiary/aromatic N) is 2. The van der Waals surface area contributed by atoms with Crippen LogP contribution in [0.2, 0.25) is 0 Å². The second-order valence-corrected chi connectivity index (χ2v) is 8.49. The topological polar surface area (TPSA) is 99.6 Å². The van der Waals surface area contributed by atoms with Crippen molar-refractivity contribution in [2.24, 2.45) is 0 Å². The maximum Gasteiger partial charge on any atom is 0.327 e. The highest BCUT2D eigenvalue weighted by Gasteiger charge is 2.64. The summed E-state index contributed by atoms with van der Waals surface area (Å²) in [6.45, 7) is 3.61. The molecule has 0 spiro atoms. The fraction of sp³-hybridized carbons (Fsp3) is 0.538. The Labute approximate surface area is 135 Å². The van der Waals surface area contributed by atoms with Gasteiger partial charge in [-0.3, -0.25) is 9.59 Å². The van der Waals surface area contributed by atoms with E-state index in [1.165, 1.54) is 28.2 Å². The molecule has 0 aliphatic carbocycles. The number of hydrogen-bond donors (Lipinski definition) is 2. The largest absolute Gasteiger partial charge is 0.480 e. The summed E-state index contributed by atoms with van der Waals surface area (Å²) in [7, 11) is 0. The van der Waals surface area contributed by atoms with E-state index in [-0.39, 0.29) is 23.6 Å². The molecule has 0 saturated carbocycles. The lowest BCUT2D eigenvalue weighted by molar-refractivity contribution is -0.161. The van der Waals surface area contributed by atoms with Gasteiger partial charge in [-0.05, 0) is 31.4 Å². The average Bonchev–Trinajstić information content (AvgIpc) is 3.00. The highest BCUT2D eigenvalue weighted by atomic mass is 32.2. The Hall–Kier alpha value is -1.61. The Morgan fingerprint density at radius 2 is 2.23 bits per heavy atom. The van der Waals surface area contributed by atoms with Crippen molar-refractivity contribution in [1.29, 1.82) is 0 Å². The molecule has 2 aliphatic rings. The molecule has 2 fully saturated rings. The second-order valence-electron chi connectivity index (χ2n) is 5.80. The third kappa shape index (κ3) is 2.38. The molecule has 2 N–H and O–H groups in total. The maximum atomic E-state index is 12.2. The van der Waals surface area contributed by atoms with Gasteiger partial charge in [0, 0.05) is 15.8 Å². The van der Waals surface area contributed by atoms with Crippen molar-refractivity contribution in [3.63, 3.8) is 0 Å². The summed E-state index contributed by atoms with van der Waals surface area (Å²) in [5.74, 6) is -1.59. The Morgan fingerprint density at radius 1 is 1.50 bits per heavy atom. The molecule has 2 aliphatic heterocycles. The van der Waals surface area contributed by atoms with Crippen molar-refractivity contribution in [2.75, 3.05) is 0 Å². The van der Waals surface area contributed by atoms with Crippen molar-refractivity contribution in [2.45, 2.75) is 42.5 Å². The van der Waals surface area contributed by atoms with E-state index in [1.54, 1.807) is 26.1 Å². The van der Waals surface area contributed by atoms with Gasteiger partial charge in [0.25, 0.3) is 0 Å². The Bertz CT molecular complexity index is 631. The zero-order valence-corrected chi connectivity index (χ0v) is 13.6. The molecular formula is C13H15N3O4S2. The van der Waals surface area contributed by atoms with Crippen LogP contribution >= 0.6 is 23.3 Å². The van der Waals surface area contributed by atoms with E-state index in [0.29, 0.717) is 0 Å². The van der Waals surface area contributed by atoms with Crippen LogP contribution in [0.1, 0.15) is 18.7 Å². The zero-order valence-electron chi connectivity index (χ0n) is 12.0. The number of carboxylic acids is 1. The summed E-state index contributed by atoms with van der Waals surface area (Å²) in [6, 6.07) is 0.256. The smallest absolute Gasteiger partial charge is 0.327 e. The third-order valence-electron chi connectivity index (χ3n) is 3.82. The first-order valence-electron chi connectivity index (χ1n) is 6.73. The summed E-state index contributed by atoms with van der Waals surface area (Å²) in [5.41, 5.74) is 0. The molecule has 3 rings (SSSR count). The molecule has 0 aromatic carbocycles. The molecule has 2 saturated heterocycles. The summed E-state index contributed by atoms with van der Waals surface area (Å²) in [6.07, 6.45) is 1.80. The number of carboxylic acid groups (broad SMARTS) is 1. The van der Waals surface area contributed by atoms with Crippen LogP contribution in [0.3, 0.4) is 0 Å². The lowest BCUT2D eigenvalue weighted by Gasteiger charge is -2.43. The van der Waals surface area contributed by atoms with Crippen LogP contribution in [0.25, 0.3) is 0 Å². The van der Waals surface area contributed by atoms with Gasteiger partial charge in [0.15, 0.2) is 0 Å². The number of nitrogens with one attached hydrogen (secondary N) is 1. The van der Waals surface area contributed by atoms with Crippen molar-refractivity contribution in [3.8, 4) is 0 Å². The number of carbonyl (C=O) groups excluding carboxylic acids is 2. The van der Waals surface area contributed by atoms with Crippen LogP contribution in [-0.4, -0.2) is 54.4 Å². The maximum absolute atomic E-state index is 12.2. The van der Waals surface area contributed by atoms with Crippen molar-refractivity contribution in [1.82, 2.24) is 14.6 Å². The average molecular weight is 341 g/mol. The van der Waals surface area contributed by atoms with Crippen LogP contribution in [0, 0.1) is 0 Å². The minimum absolute atomic E-state index is 0.178. The van der Waals surface area contributed by atoms with Crippen LogP contribution in [0.15, 0.2) is 12.3 Å². The zero-order chi connectivity index (χ0) is 16.1. The van der Waals surface area contributed by atoms with Gasteiger partial charge in [0.1, 0.15) is 17.5 Å². The van der Waals surface area contributed by atoms with Crippen molar-refractivity contribution < 1.29 is 19.5 Å². The Balaban J connectivity index is 1.67. The number of aromatic nitrogens is 1.